The molecule has 0 bridgehead atoms. The van der Waals surface area contributed by atoms with Crippen LogP contribution in [-0.2, 0) is 0 Å². The van der Waals surface area contributed by atoms with Gasteiger partial charge >= 0.3 is 5.24 Å². The van der Waals surface area contributed by atoms with E-state index in [2.05, 4.69) is 6.58 Å². The highest BCUT2D eigenvalue weighted by atomic mass is 32.2. The van der Waals surface area contributed by atoms with Crippen LogP contribution in [0.15, 0.2) is 49.2 Å². The van der Waals surface area contributed by atoms with Gasteiger partial charge in [-0.2, -0.15) is 0 Å². The summed E-state index contributed by atoms with van der Waals surface area (Å²) in [6, 6.07) is 8.06. The molecule has 1 aliphatic heterocycles. The lowest BCUT2D eigenvalue weighted by Crippen LogP contribution is -2.38. The molecule has 0 N–H and O–H groups in total. The quantitative estimate of drug-likeness (QED) is 0.776. The number of carbonyl (C=O) groups excluding carboxylic acids is 1. The summed E-state index contributed by atoms with van der Waals surface area (Å²) in [4.78, 5) is 12.0. The summed E-state index contributed by atoms with van der Waals surface area (Å²) >= 11 is 1.25. The highest BCUT2D eigenvalue weighted by Gasteiger charge is 2.23. The monoisotopic (exact) mass is 260 g/mol. The molecule has 1 aromatic rings. The first-order valence-corrected chi connectivity index (χ1v) is 6.79. The number of hydrogen-bond acceptors (Lipinski definition) is 3. The number of para-hydroxylation sites is 1. The lowest BCUT2D eigenvalue weighted by Gasteiger charge is -2.29. The lowest BCUT2D eigenvalue weighted by atomic mass is 10.2. The van der Waals surface area contributed by atoms with E-state index in [0.717, 1.165) is 17.8 Å². The summed E-state index contributed by atoms with van der Waals surface area (Å²) in [6.07, 6.45) is 5.55. The van der Waals surface area contributed by atoms with Crippen LogP contribution in [0.3, 0.4) is 0 Å². The number of benzene rings is 1. The third-order valence-corrected chi connectivity index (χ3v) is 3.53. The van der Waals surface area contributed by atoms with Crippen LogP contribution in [0.1, 0.15) is 5.56 Å². The van der Waals surface area contributed by atoms with Crippen molar-refractivity contribution in [3.63, 3.8) is 0 Å². The molecule has 0 atom stereocenters. The first kappa shape index (κ1) is 12.8. The van der Waals surface area contributed by atoms with E-state index in [1.165, 1.54) is 11.8 Å². The summed E-state index contributed by atoms with van der Waals surface area (Å²) in [5.74, 6) is 0.630. The van der Waals surface area contributed by atoms with Gasteiger partial charge < -0.3 is 0 Å². The van der Waals surface area contributed by atoms with Crippen LogP contribution < -0.4 is 5.01 Å². The number of carbonyl (C=O) groups is 1. The molecule has 1 aromatic carbocycles. The predicted molar refractivity (Wildman–Crippen MR) is 77.6 cm³/mol. The molecule has 2 rings (SSSR count). The Bertz CT molecular complexity index is 484. The van der Waals surface area contributed by atoms with Crippen LogP contribution in [0.25, 0.3) is 0 Å². The van der Waals surface area contributed by atoms with Gasteiger partial charge in [-0.05, 0) is 24.6 Å². The summed E-state index contributed by atoms with van der Waals surface area (Å²) in [5, 5.41) is 3.66. The Labute approximate surface area is 112 Å². The number of aryl methyl sites for hydroxylation is 1. The van der Waals surface area contributed by atoms with Gasteiger partial charge in [-0.15, -0.1) is 6.58 Å². The summed E-state index contributed by atoms with van der Waals surface area (Å²) in [5.41, 5.74) is 2.22. The Hall–Kier alpha value is -1.68. The van der Waals surface area contributed by atoms with E-state index in [4.69, 9.17) is 0 Å². The maximum Gasteiger partial charge on any atom is 0.304 e. The number of thioether (sulfide) groups is 1. The number of rotatable bonds is 3. The Balaban J connectivity index is 2.16. The summed E-state index contributed by atoms with van der Waals surface area (Å²) in [7, 11) is 0. The Kier molecular flexibility index (Phi) is 4.10. The largest absolute Gasteiger partial charge is 0.304 e. The van der Waals surface area contributed by atoms with Crippen molar-refractivity contribution in [1.82, 2.24) is 5.01 Å². The molecule has 0 saturated heterocycles. The Morgan fingerprint density at radius 2 is 2.28 bits per heavy atom. The summed E-state index contributed by atoms with van der Waals surface area (Å²) < 4.78 is 0. The standard InChI is InChI=1S/C14H16N2OS/c1-3-11-18-14(17)16-10-6-9-15(16)13-8-5-4-7-12(13)2/h3-8,10H,1,9,11H2,2H3. The van der Waals surface area contributed by atoms with E-state index < -0.39 is 0 Å². The SMILES string of the molecule is C=CCSC(=O)N1C=CCN1c1ccccc1C. The van der Waals surface area contributed by atoms with E-state index >= 15 is 0 Å². The molecule has 1 heterocycles. The fraction of sp³-hybridized carbons (Fsp3) is 0.214. The molecule has 0 unspecified atom stereocenters. The number of anilines is 1. The van der Waals surface area contributed by atoms with Crippen molar-refractivity contribution in [3.8, 4) is 0 Å². The molecule has 94 valence electrons. The molecule has 0 saturated carbocycles. The van der Waals surface area contributed by atoms with Gasteiger partial charge in [0.2, 0.25) is 0 Å². The molecule has 1 amide bonds. The molecule has 0 fully saturated rings. The van der Waals surface area contributed by atoms with Gasteiger partial charge in [0.15, 0.2) is 0 Å². The van der Waals surface area contributed by atoms with Gasteiger partial charge in [-0.3, -0.25) is 9.80 Å². The second-order valence-corrected chi connectivity index (χ2v) is 4.93. The smallest absolute Gasteiger partial charge is 0.274 e. The van der Waals surface area contributed by atoms with Crippen LogP contribution in [0.4, 0.5) is 10.5 Å². The molecule has 1 aliphatic rings. The fourth-order valence-electron chi connectivity index (χ4n) is 1.84. The topological polar surface area (TPSA) is 23.6 Å². The van der Waals surface area contributed by atoms with E-state index in [0.29, 0.717) is 5.75 Å². The van der Waals surface area contributed by atoms with Crippen LogP contribution in [-0.4, -0.2) is 22.5 Å². The van der Waals surface area contributed by atoms with Gasteiger partial charge in [-0.25, -0.2) is 5.01 Å². The molecular formula is C14H16N2OS. The minimum Gasteiger partial charge on any atom is -0.274 e. The third kappa shape index (κ3) is 2.59. The van der Waals surface area contributed by atoms with Crippen molar-refractivity contribution in [1.29, 1.82) is 0 Å². The minimum absolute atomic E-state index is 0.0203. The van der Waals surface area contributed by atoms with Crippen molar-refractivity contribution in [2.45, 2.75) is 6.92 Å². The van der Waals surface area contributed by atoms with Crippen molar-refractivity contribution in [2.75, 3.05) is 17.3 Å². The number of hydrazine groups is 1. The maximum absolute atomic E-state index is 12.0. The van der Waals surface area contributed by atoms with Crippen LogP contribution in [0.2, 0.25) is 0 Å². The third-order valence-electron chi connectivity index (χ3n) is 2.69. The number of amides is 1. The predicted octanol–water partition coefficient (Wildman–Crippen LogP) is 3.58. The van der Waals surface area contributed by atoms with E-state index in [9.17, 15) is 4.79 Å². The van der Waals surface area contributed by atoms with Crippen LogP contribution in [0, 0.1) is 6.92 Å². The second kappa shape index (κ2) is 5.78. The van der Waals surface area contributed by atoms with Crippen LogP contribution in [0.5, 0.6) is 0 Å². The second-order valence-electron chi connectivity index (χ2n) is 3.96. The molecule has 0 spiro atoms. The average Bonchev–Trinajstić information content (AvgIpc) is 2.85. The average molecular weight is 260 g/mol. The molecule has 0 aliphatic carbocycles. The number of nitrogens with zero attached hydrogens (tertiary/aromatic N) is 2. The zero-order valence-corrected chi connectivity index (χ0v) is 11.2. The summed E-state index contributed by atoms with van der Waals surface area (Å²) in [6.45, 7) is 6.40. The highest BCUT2D eigenvalue weighted by molar-refractivity contribution is 8.13. The van der Waals surface area contributed by atoms with Gasteiger partial charge in [0.25, 0.3) is 0 Å². The van der Waals surface area contributed by atoms with Gasteiger partial charge in [0.05, 0.1) is 12.2 Å². The van der Waals surface area contributed by atoms with E-state index in [1.54, 1.807) is 11.1 Å². The van der Waals surface area contributed by atoms with Gasteiger partial charge in [-0.1, -0.05) is 36.0 Å². The molecule has 0 aromatic heterocycles. The van der Waals surface area contributed by atoms with E-state index in [-0.39, 0.29) is 5.24 Å². The zero-order chi connectivity index (χ0) is 13.0. The van der Waals surface area contributed by atoms with Crippen molar-refractivity contribution in [2.24, 2.45) is 0 Å². The minimum atomic E-state index is 0.0203. The normalized spacial score (nSPS) is 14.1. The first-order chi connectivity index (χ1) is 8.74. The first-order valence-electron chi connectivity index (χ1n) is 5.80. The molecule has 18 heavy (non-hydrogen) atoms. The lowest BCUT2D eigenvalue weighted by molar-refractivity contribution is 0.239. The van der Waals surface area contributed by atoms with Crippen molar-refractivity contribution in [3.05, 3.63) is 54.8 Å². The Morgan fingerprint density at radius 1 is 1.50 bits per heavy atom. The van der Waals surface area contributed by atoms with E-state index in [1.807, 2.05) is 48.5 Å². The maximum atomic E-state index is 12.0. The number of hydrogen-bond donors (Lipinski definition) is 0. The van der Waals surface area contributed by atoms with Crippen LogP contribution >= 0.6 is 11.8 Å². The molecular weight excluding hydrogens is 244 g/mol. The Morgan fingerprint density at radius 3 is 3.00 bits per heavy atom. The van der Waals surface area contributed by atoms with Gasteiger partial charge in [0, 0.05) is 12.0 Å². The zero-order valence-electron chi connectivity index (χ0n) is 10.4. The highest BCUT2D eigenvalue weighted by Crippen LogP contribution is 2.26. The van der Waals surface area contributed by atoms with Crippen molar-refractivity contribution < 1.29 is 4.79 Å². The molecule has 0 radical (unpaired) electrons. The van der Waals surface area contributed by atoms with Crippen molar-refractivity contribution >= 4 is 22.7 Å². The fourth-order valence-corrected chi connectivity index (χ4v) is 2.39. The van der Waals surface area contributed by atoms with Gasteiger partial charge in [0.1, 0.15) is 0 Å². The molecule has 4 heteroatoms. The molecule has 3 nitrogen and oxygen atoms in total.